The number of hydrogen-bond donors (Lipinski definition) is 0. The summed E-state index contributed by atoms with van der Waals surface area (Å²) in [5.74, 6) is -0.171. The van der Waals surface area contributed by atoms with Gasteiger partial charge in [0, 0.05) is 12.1 Å². The SMILES string of the molecule is CCOC(=O)[C@@H]1[C@@H](c2ccccc2)N(C2CCCCC2)C(=S)N1C(C)C. The van der Waals surface area contributed by atoms with Crippen molar-refractivity contribution in [2.75, 3.05) is 6.61 Å². The second kappa shape index (κ2) is 8.38. The van der Waals surface area contributed by atoms with Gasteiger partial charge in [-0.3, -0.25) is 0 Å². The summed E-state index contributed by atoms with van der Waals surface area (Å²) in [6, 6.07) is 10.4. The number of nitrogens with zero attached hydrogens (tertiary/aromatic N) is 2. The number of benzene rings is 1. The molecule has 1 saturated heterocycles. The quantitative estimate of drug-likeness (QED) is 0.567. The van der Waals surface area contributed by atoms with Crippen LogP contribution in [-0.4, -0.2) is 45.6 Å². The smallest absolute Gasteiger partial charge is 0.331 e. The molecule has 0 radical (unpaired) electrons. The molecule has 26 heavy (non-hydrogen) atoms. The maximum absolute atomic E-state index is 13.0. The average molecular weight is 375 g/mol. The van der Waals surface area contributed by atoms with Gasteiger partial charge in [-0.05, 0) is 51.4 Å². The van der Waals surface area contributed by atoms with E-state index in [0.29, 0.717) is 12.6 Å². The van der Waals surface area contributed by atoms with Crippen LogP contribution in [0.3, 0.4) is 0 Å². The zero-order valence-electron chi connectivity index (χ0n) is 16.1. The van der Waals surface area contributed by atoms with Crippen LogP contribution in [0.4, 0.5) is 0 Å². The molecule has 0 amide bonds. The Labute approximate surface area is 162 Å². The third-order valence-electron chi connectivity index (χ3n) is 5.53. The third kappa shape index (κ3) is 3.59. The van der Waals surface area contributed by atoms with Crippen molar-refractivity contribution in [3.63, 3.8) is 0 Å². The molecule has 3 rings (SSSR count). The monoisotopic (exact) mass is 374 g/mol. The maximum atomic E-state index is 13.0. The summed E-state index contributed by atoms with van der Waals surface area (Å²) in [5, 5.41) is 0.804. The Morgan fingerprint density at radius 2 is 1.85 bits per heavy atom. The van der Waals surface area contributed by atoms with E-state index in [0.717, 1.165) is 23.5 Å². The van der Waals surface area contributed by atoms with Crippen LogP contribution in [0, 0.1) is 0 Å². The highest BCUT2D eigenvalue weighted by molar-refractivity contribution is 7.80. The molecule has 0 bridgehead atoms. The van der Waals surface area contributed by atoms with Crippen LogP contribution < -0.4 is 0 Å². The zero-order valence-corrected chi connectivity index (χ0v) is 16.9. The predicted octanol–water partition coefficient (Wildman–Crippen LogP) is 4.30. The molecule has 0 spiro atoms. The first-order valence-corrected chi connectivity index (χ1v) is 10.3. The minimum atomic E-state index is -0.383. The molecular formula is C21H30N2O2S. The van der Waals surface area contributed by atoms with Gasteiger partial charge < -0.3 is 14.5 Å². The number of carbonyl (C=O) groups is 1. The van der Waals surface area contributed by atoms with Crippen LogP contribution in [0.25, 0.3) is 0 Å². The molecule has 2 atom stereocenters. The Balaban J connectivity index is 2.05. The highest BCUT2D eigenvalue weighted by Gasteiger charge is 2.51. The van der Waals surface area contributed by atoms with Gasteiger partial charge in [-0.25, -0.2) is 4.79 Å². The molecule has 2 aliphatic rings. The van der Waals surface area contributed by atoms with Crippen LogP contribution >= 0.6 is 12.2 Å². The maximum Gasteiger partial charge on any atom is 0.331 e. The number of hydrogen-bond acceptors (Lipinski definition) is 3. The van der Waals surface area contributed by atoms with Crippen molar-refractivity contribution in [2.24, 2.45) is 0 Å². The van der Waals surface area contributed by atoms with Crippen molar-refractivity contribution in [1.82, 2.24) is 9.80 Å². The van der Waals surface area contributed by atoms with Gasteiger partial charge in [0.05, 0.1) is 12.6 Å². The molecule has 4 nitrogen and oxygen atoms in total. The van der Waals surface area contributed by atoms with Crippen molar-refractivity contribution >= 4 is 23.3 Å². The first-order chi connectivity index (χ1) is 12.6. The minimum absolute atomic E-state index is 0.0757. The summed E-state index contributed by atoms with van der Waals surface area (Å²) in [5.41, 5.74) is 1.14. The fourth-order valence-corrected chi connectivity index (χ4v) is 5.01. The standard InChI is InChI=1S/C21H30N2O2S/c1-4-25-20(24)19-18(16-11-7-5-8-12-16)23(17-13-9-6-10-14-17)21(26)22(19)15(2)3/h5,7-8,11-12,15,17-19H,4,6,9-10,13-14H2,1-3H3/t18-,19+/m1/s1. The molecule has 1 aliphatic carbocycles. The molecule has 1 saturated carbocycles. The Bertz CT molecular complexity index is 628. The summed E-state index contributed by atoms with van der Waals surface area (Å²) in [7, 11) is 0. The molecule has 0 N–H and O–H groups in total. The minimum Gasteiger partial charge on any atom is -0.464 e. The second-order valence-corrected chi connectivity index (χ2v) is 7.90. The molecule has 0 unspecified atom stereocenters. The summed E-state index contributed by atoms with van der Waals surface area (Å²) in [6.45, 7) is 6.45. The first kappa shape index (κ1) is 19.2. The van der Waals surface area contributed by atoms with Crippen molar-refractivity contribution in [3.05, 3.63) is 35.9 Å². The van der Waals surface area contributed by atoms with Gasteiger partial charge >= 0.3 is 5.97 Å². The zero-order chi connectivity index (χ0) is 18.7. The number of esters is 1. The lowest BCUT2D eigenvalue weighted by Gasteiger charge is -2.37. The molecule has 1 heterocycles. The molecule has 0 aromatic heterocycles. The second-order valence-electron chi connectivity index (χ2n) is 7.54. The van der Waals surface area contributed by atoms with Crippen LogP contribution in [-0.2, 0) is 9.53 Å². The molecule has 1 aromatic carbocycles. The lowest BCUT2D eigenvalue weighted by molar-refractivity contribution is -0.149. The van der Waals surface area contributed by atoms with E-state index in [4.69, 9.17) is 17.0 Å². The summed E-state index contributed by atoms with van der Waals surface area (Å²) >= 11 is 5.92. The van der Waals surface area contributed by atoms with Crippen LogP contribution in [0.2, 0.25) is 0 Å². The van der Waals surface area contributed by atoms with Gasteiger partial charge in [0.2, 0.25) is 0 Å². The van der Waals surface area contributed by atoms with E-state index < -0.39 is 0 Å². The Kier molecular flexibility index (Phi) is 6.17. The van der Waals surface area contributed by atoms with Crippen molar-refractivity contribution in [1.29, 1.82) is 0 Å². The molecule has 5 heteroatoms. The van der Waals surface area contributed by atoms with Crippen LogP contribution in [0.5, 0.6) is 0 Å². The number of carbonyl (C=O) groups excluding carboxylic acids is 1. The highest BCUT2D eigenvalue weighted by atomic mass is 32.1. The van der Waals surface area contributed by atoms with E-state index >= 15 is 0 Å². The van der Waals surface area contributed by atoms with Crippen molar-refractivity contribution in [3.8, 4) is 0 Å². The van der Waals surface area contributed by atoms with E-state index in [2.05, 4.69) is 35.8 Å². The summed E-state index contributed by atoms with van der Waals surface area (Å²) in [6.07, 6.45) is 6.05. The van der Waals surface area contributed by atoms with E-state index in [1.807, 2.05) is 25.1 Å². The van der Waals surface area contributed by atoms with Gasteiger partial charge in [-0.2, -0.15) is 0 Å². The Hall–Kier alpha value is -1.62. The van der Waals surface area contributed by atoms with Crippen LogP contribution in [0.15, 0.2) is 30.3 Å². The summed E-state index contributed by atoms with van der Waals surface area (Å²) < 4.78 is 5.48. The number of rotatable bonds is 5. The Morgan fingerprint density at radius 3 is 2.42 bits per heavy atom. The van der Waals surface area contributed by atoms with E-state index in [1.165, 1.54) is 19.3 Å². The van der Waals surface area contributed by atoms with E-state index in [9.17, 15) is 4.79 Å². The van der Waals surface area contributed by atoms with E-state index in [-0.39, 0.29) is 24.1 Å². The van der Waals surface area contributed by atoms with Gasteiger partial charge in [0.1, 0.15) is 0 Å². The number of thiocarbonyl (C=S) groups is 1. The third-order valence-corrected chi connectivity index (χ3v) is 5.96. The molecule has 1 aromatic rings. The fraction of sp³-hybridized carbons (Fsp3) is 0.619. The largest absolute Gasteiger partial charge is 0.464 e. The number of ether oxygens (including phenoxy) is 1. The van der Waals surface area contributed by atoms with Gasteiger partial charge in [0.25, 0.3) is 0 Å². The first-order valence-electron chi connectivity index (χ1n) is 9.88. The van der Waals surface area contributed by atoms with Gasteiger partial charge in [0.15, 0.2) is 11.2 Å². The normalized spacial score (nSPS) is 24.4. The van der Waals surface area contributed by atoms with Crippen molar-refractivity contribution < 1.29 is 9.53 Å². The summed E-state index contributed by atoms with van der Waals surface area (Å²) in [4.78, 5) is 17.4. The fourth-order valence-electron chi connectivity index (χ4n) is 4.42. The molecular weight excluding hydrogens is 344 g/mol. The lowest BCUT2D eigenvalue weighted by Crippen LogP contribution is -2.45. The Morgan fingerprint density at radius 1 is 1.19 bits per heavy atom. The van der Waals surface area contributed by atoms with Gasteiger partial charge in [-0.1, -0.05) is 49.6 Å². The lowest BCUT2D eigenvalue weighted by atomic mass is 9.91. The van der Waals surface area contributed by atoms with E-state index in [1.54, 1.807) is 0 Å². The predicted molar refractivity (Wildman–Crippen MR) is 108 cm³/mol. The average Bonchev–Trinajstić information content (AvgIpc) is 2.96. The molecule has 2 fully saturated rings. The van der Waals surface area contributed by atoms with Gasteiger partial charge in [-0.15, -0.1) is 0 Å². The highest BCUT2D eigenvalue weighted by Crippen LogP contribution is 2.41. The van der Waals surface area contributed by atoms with Crippen LogP contribution in [0.1, 0.15) is 64.5 Å². The topological polar surface area (TPSA) is 32.8 Å². The van der Waals surface area contributed by atoms with Crippen molar-refractivity contribution in [2.45, 2.75) is 77.0 Å². The molecule has 1 aliphatic heterocycles. The molecule has 142 valence electrons.